The molecule has 0 radical (unpaired) electrons. The van der Waals surface area contributed by atoms with Gasteiger partial charge in [0.15, 0.2) is 0 Å². The molecule has 2 amide bonds. The van der Waals surface area contributed by atoms with Crippen LogP contribution in [0.1, 0.15) is 22.9 Å². The molecule has 3 rings (SSSR count). The number of rotatable bonds is 8. The number of nitrogens with one attached hydrogen (secondary N) is 1. The van der Waals surface area contributed by atoms with Crippen LogP contribution in [0.25, 0.3) is 0 Å². The van der Waals surface area contributed by atoms with Gasteiger partial charge in [-0.1, -0.05) is 42.5 Å². The van der Waals surface area contributed by atoms with Crippen LogP contribution in [0.5, 0.6) is 5.75 Å². The first-order chi connectivity index (χ1) is 15.0. The molecule has 0 bridgehead atoms. The van der Waals surface area contributed by atoms with Crippen molar-refractivity contribution in [3.05, 3.63) is 65.7 Å². The van der Waals surface area contributed by atoms with Gasteiger partial charge in [-0.3, -0.25) is 9.59 Å². The van der Waals surface area contributed by atoms with Gasteiger partial charge in [-0.25, -0.2) is 4.79 Å². The minimum atomic E-state index is -0.811. The summed E-state index contributed by atoms with van der Waals surface area (Å²) in [6.07, 6.45) is 0.363. The molecule has 2 aromatic rings. The highest BCUT2D eigenvalue weighted by molar-refractivity contribution is 8.01. The van der Waals surface area contributed by atoms with Gasteiger partial charge >= 0.3 is 5.97 Å². The molecule has 1 aliphatic rings. The Kier molecular flexibility index (Phi) is 7.57. The number of nitrogens with zero attached hydrogens (tertiary/aromatic N) is 1. The monoisotopic (exact) mass is 442 g/mol. The van der Waals surface area contributed by atoms with E-state index < -0.39 is 22.6 Å². The first-order valence-electron chi connectivity index (χ1n) is 9.92. The molecule has 2 unspecified atom stereocenters. The van der Waals surface area contributed by atoms with Crippen molar-refractivity contribution in [2.24, 2.45) is 0 Å². The molecule has 1 N–H and O–H groups in total. The second-order valence-electron chi connectivity index (χ2n) is 7.10. The second kappa shape index (κ2) is 10.3. The summed E-state index contributed by atoms with van der Waals surface area (Å²) >= 11 is 1.37. The van der Waals surface area contributed by atoms with Gasteiger partial charge < -0.3 is 19.7 Å². The summed E-state index contributed by atoms with van der Waals surface area (Å²) in [5.41, 5.74) is 1.76. The lowest BCUT2D eigenvalue weighted by molar-refractivity contribution is -0.152. The van der Waals surface area contributed by atoms with Gasteiger partial charge in [0.2, 0.25) is 11.8 Å². The lowest BCUT2D eigenvalue weighted by atomic mass is 10.0. The lowest BCUT2D eigenvalue weighted by Crippen LogP contribution is -2.47. The number of carbonyl (C=O) groups is 3. The smallest absolute Gasteiger partial charge is 0.328 e. The molecule has 0 aromatic heterocycles. The molecule has 1 fully saturated rings. The molecule has 7 nitrogen and oxygen atoms in total. The SMILES string of the molecule is CNC(=O)CC1SC(c2ccc(OC)cc2)N([C@@H](Cc2ccccc2)C(=O)OC)C1=O. The summed E-state index contributed by atoms with van der Waals surface area (Å²) in [7, 11) is 4.44. The van der Waals surface area contributed by atoms with Crippen molar-refractivity contribution in [1.29, 1.82) is 0 Å². The average molecular weight is 443 g/mol. The maximum Gasteiger partial charge on any atom is 0.328 e. The Labute approximate surface area is 186 Å². The third kappa shape index (κ3) is 5.19. The van der Waals surface area contributed by atoms with E-state index in [1.165, 1.54) is 25.9 Å². The number of amides is 2. The van der Waals surface area contributed by atoms with Crippen LogP contribution in [0.15, 0.2) is 54.6 Å². The van der Waals surface area contributed by atoms with Crippen molar-refractivity contribution in [3.63, 3.8) is 0 Å². The average Bonchev–Trinajstić information content (AvgIpc) is 3.13. The highest BCUT2D eigenvalue weighted by Gasteiger charge is 2.47. The first-order valence-corrected chi connectivity index (χ1v) is 10.9. The zero-order valence-electron chi connectivity index (χ0n) is 17.7. The fraction of sp³-hybridized carbons (Fsp3) is 0.348. The van der Waals surface area contributed by atoms with Crippen LogP contribution in [-0.4, -0.2) is 55.2 Å². The molecule has 0 saturated carbocycles. The van der Waals surface area contributed by atoms with E-state index in [2.05, 4.69) is 5.32 Å². The molecular formula is C23H26N2O5S. The topological polar surface area (TPSA) is 84.9 Å². The Bertz CT molecular complexity index is 919. The minimum Gasteiger partial charge on any atom is -0.497 e. The molecule has 8 heteroatoms. The number of benzene rings is 2. The van der Waals surface area contributed by atoms with Gasteiger partial charge in [0.1, 0.15) is 17.2 Å². The molecule has 1 aliphatic heterocycles. The van der Waals surface area contributed by atoms with Crippen molar-refractivity contribution >= 4 is 29.5 Å². The highest BCUT2D eigenvalue weighted by atomic mass is 32.2. The summed E-state index contributed by atoms with van der Waals surface area (Å²) < 4.78 is 10.3. The Hall–Kier alpha value is -3.00. The molecule has 164 valence electrons. The normalized spacial score (nSPS) is 19.1. The minimum absolute atomic E-state index is 0.0440. The third-order valence-electron chi connectivity index (χ3n) is 5.21. The largest absolute Gasteiger partial charge is 0.497 e. The number of thioether (sulfide) groups is 1. The summed E-state index contributed by atoms with van der Waals surface area (Å²) in [6, 6.07) is 16.1. The fourth-order valence-electron chi connectivity index (χ4n) is 3.56. The summed E-state index contributed by atoms with van der Waals surface area (Å²) in [5, 5.41) is 1.55. The zero-order chi connectivity index (χ0) is 22.4. The Morgan fingerprint density at radius 2 is 1.77 bits per heavy atom. The van der Waals surface area contributed by atoms with Crippen LogP contribution < -0.4 is 10.1 Å². The maximum atomic E-state index is 13.4. The van der Waals surface area contributed by atoms with Crippen molar-refractivity contribution in [2.75, 3.05) is 21.3 Å². The lowest BCUT2D eigenvalue weighted by Gasteiger charge is -2.31. The van der Waals surface area contributed by atoms with E-state index in [1.807, 2.05) is 54.6 Å². The van der Waals surface area contributed by atoms with E-state index in [0.717, 1.165) is 11.1 Å². The van der Waals surface area contributed by atoms with Gasteiger partial charge in [-0.15, -0.1) is 11.8 Å². The third-order valence-corrected chi connectivity index (χ3v) is 6.66. The van der Waals surface area contributed by atoms with Gasteiger partial charge in [-0.2, -0.15) is 0 Å². The quantitative estimate of drug-likeness (QED) is 0.633. The summed E-state index contributed by atoms with van der Waals surface area (Å²) in [5.74, 6) is -0.267. The molecule has 31 heavy (non-hydrogen) atoms. The van der Waals surface area contributed by atoms with Crippen LogP contribution in [-0.2, 0) is 25.5 Å². The van der Waals surface area contributed by atoms with Crippen molar-refractivity contribution in [1.82, 2.24) is 10.2 Å². The van der Waals surface area contributed by atoms with E-state index in [-0.39, 0.29) is 18.2 Å². The van der Waals surface area contributed by atoms with E-state index >= 15 is 0 Å². The van der Waals surface area contributed by atoms with E-state index in [0.29, 0.717) is 12.2 Å². The Morgan fingerprint density at radius 3 is 2.35 bits per heavy atom. The van der Waals surface area contributed by atoms with Crippen molar-refractivity contribution < 1.29 is 23.9 Å². The number of hydrogen-bond acceptors (Lipinski definition) is 6. The standard InChI is InChI=1S/C23H26N2O5S/c1-24-20(26)14-19-21(27)25(22(31-19)16-9-11-17(29-2)12-10-16)18(23(28)30-3)13-15-7-5-4-6-8-15/h4-12,18-19,22H,13-14H2,1-3H3,(H,24,26)/t18-,19?,22?/m0/s1. The fourth-order valence-corrected chi connectivity index (χ4v) is 5.05. The van der Waals surface area contributed by atoms with Crippen molar-refractivity contribution in [2.45, 2.75) is 29.5 Å². The molecule has 3 atom stereocenters. The maximum absolute atomic E-state index is 13.4. The number of carbonyl (C=O) groups excluding carboxylic acids is 3. The number of methoxy groups -OCH3 is 2. The van der Waals surface area contributed by atoms with Crippen LogP contribution in [0, 0.1) is 0 Å². The summed E-state index contributed by atoms with van der Waals surface area (Å²) in [4.78, 5) is 39.8. The molecule has 0 aliphatic carbocycles. The predicted octanol–water partition coefficient (Wildman–Crippen LogP) is 2.56. The van der Waals surface area contributed by atoms with Crippen LogP contribution in [0.4, 0.5) is 0 Å². The second-order valence-corrected chi connectivity index (χ2v) is 8.39. The van der Waals surface area contributed by atoms with Gasteiger partial charge in [0.25, 0.3) is 0 Å². The number of hydrogen-bond donors (Lipinski definition) is 1. The predicted molar refractivity (Wildman–Crippen MR) is 119 cm³/mol. The molecule has 2 aromatic carbocycles. The van der Waals surface area contributed by atoms with E-state index in [1.54, 1.807) is 12.0 Å². The van der Waals surface area contributed by atoms with Crippen LogP contribution in [0.2, 0.25) is 0 Å². The van der Waals surface area contributed by atoms with E-state index in [9.17, 15) is 14.4 Å². The number of ether oxygens (including phenoxy) is 2. The zero-order valence-corrected chi connectivity index (χ0v) is 18.6. The van der Waals surface area contributed by atoms with Crippen molar-refractivity contribution in [3.8, 4) is 5.75 Å². The molecule has 1 heterocycles. The molecule has 0 spiro atoms. The van der Waals surface area contributed by atoms with Gasteiger partial charge in [0, 0.05) is 19.9 Å². The Morgan fingerprint density at radius 1 is 1.10 bits per heavy atom. The van der Waals surface area contributed by atoms with Crippen LogP contribution in [0.3, 0.4) is 0 Å². The Balaban J connectivity index is 1.99. The molecule has 1 saturated heterocycles. The van der Waals surface area contributed by atoms with Crippen LogP contribution >= 0.6 is 11.8 Å². The van der Waals surface area contributed by atoms with E-state index in [4.69, 9.17) is 9.47 Å². The highest BCUT2D eigenvalue weighted by Crippen LogP contribution is 2.46. The first kappa shape index (κ1) is 22.7. The molecular weight excluding hydrogens is 416 g/mol. The van der Waals surface area contributed by atoms with Gasteiger partial charge in [0.05, 0.1) is 19.5 Å². The van der Waals surface area contributed by atoms with Gasteiger partial charge in [-0.05, 0) is 23.3 Å². The summed E-state index contributed by atoms with van der Waals surface area (Å²) in [6.45, 7) is 0. The number of esters is 1.